The van der Waals surface area contributed by atoms with Crippen LogP contribution in [0.5, 0.6) is 0 Å². The molecule has 1 aromatic rings. The maximum Gasteiger partial charge on any atom is 0.0888 e. The summed E-state index contributed by atoms with van der Waals surface area (Å²) in [7, 11) is 0. The smallest absolute Gasteiger partial charge is 0.0888 e. The van der Waals surface area contributed by atoms with Crippen LogP contribution in [0.15, 0.2) is 18.3 Å². The summed E-state index contributed by atoms with van der Waals surface area (Å²) >= 11 is 0. The summed E-state index contributed by atoms with van der Waals surface area (Å²) in [6, 6.07) is 3.98. The Bertz CT molecular complexity index is 179. The van der Waals surface area contributed by atoms with E-state index in [1.54, 1.807) is 6.20 Å². The van der Waals surface area contributed by atoms with Gasteiger partial charge in [0.1, 0.15) is 0 Å². The Kier molecular flexibility index (Phi) is 2.43. The van der Waals surface area contributed by atoms with Crippen LogP contribution in [0.2, 0.25) is 0 Å². The Hall–Kier alpha value is -0.850. The highest BCUT2D eigenvalue weighted by molar-refractivity contribution is 5.09. The molecular formula is C9H12N. The summed E-state index contributed by atoms with van der Waals surface area (Å²) in [6.07, 6.45) is 5.73. The van der Waals surface area contributed by atoms with Gasteiger partial charge >= 0.3 is 0 Å². The van der Waals surface area contributed by atoms with Crippen LogP contribution in [0.3, 0.4) is 0 Å². The lowest BCUT2D eigenvalue weighted by Crippen LogP contribution is -1.93. The summed E-state index contributed by atoms with van der Waals surface area (Å²) in [5, 5.41) is 0. The quantitative estimate of drug-likeness (QED) is 0.603. The minimum atomic E-state index is 0.718. The zero-order valence-corrected chi connectivity index (χ0v) is 6.46. The Morgan fingerprint density at radius 3 is 2.90 bits per heavy atom. The highest BCUT2D eigenvalue weighted by Crippen LogP contribution is 2.04. The molecule has 0 unspecified atom stereocenters. The molecule has 1 heterocycles. The Morgan fingerprint density at radius 2 is 2.40 bits per heavy atom. The van der Waals surface area contributed by atoms with Crippen LogP contribution >= 0.6 is 0 Å². The fourth-order valence-electron chi connectivity index (χ4n) is 0.943. The second-order valence-corrected chi connectivity index (χ2v) is 2.89. The van der Waals surface area contributed by atoms with E-state index in [9.17, 15) is 0 Å². The van der Waals surface area contributed by atoms with Gasteiger partial charge in [0.2, 0.25) is 0 Å². The van der Waals surface area contributed by atoms with Crippen LogP contribution in [-0.2, 0) is 6.42 Å². The molecule has 1 rings (SSSR count). The van der Waals surface area contributed by atoms with Crippen molar-refractivity contribution in [1.29, 1.82) is 0 Å². The van der Waals surface area contributed by atoms with Crippen LogP contribution in [0.25, 0.3) is 0 Å². The normalized spacial score (nSPS) is 10.3. The number of pyridine rings is 1. The van der Waals surface area contributed by atoms with Crippen molar-refractivity contribution in [1.82, 2.24) is 4.98 Å². The van der Waals surface area contributed by atoms with E-state index in [0.29, 0.717) is 0 Å². The minimum Gasteiger partial charge on any atom is -0.255 e. The molecule has 0 aromatic carbocycles. The van der Waals surface area contributed by atoms with Crippen molar-refractivity contribution < 1.29 is 0 Å². The average molecular weight is 134 g/mol. The zero-order valence-electron chi connectivity index (χ0n) is 6.46. The molecule has 0 atom stereocenters. The molecule has 0 aliphatic rings. The lowest BCUT2D eigenvalue weighted by atomic mass is 10.0. The standard InChI is InChI=1S/C9H12N/c1-8(2)7-9-3-5-10-6-4-9/h3-5,8H,7H2,1-2H3. The van der Waals surface area contributed by atoms with Gasteiger partial charge < -0.3 is 0 Å². The summed E-state index contributed by atoms with van der Waals surface area (Å²) in [6.45, 7) is 4.42. The summed E-state index contributed by atoms with van der Waals surface area (Å²) in [5.74, 6) is 0.718. The van der Waals surface area contributed by atoms with Gasteiger partial charge in [0.15, 0.2) is 0 Å². The first-order valence-electron chi connectivity index (χ1n) is 3.60. The molecule has 0 bridgehead atoms. The van der Waals surface area contributed by atoms with Gasteiger partial charge in [-0.05, 0) is 30.0 Å². The van der Waals surface area contributed by atoms with Crippen molar-refractivity contribution >= 4 is 0 Å². The van der Waals surface area contributed by atoms with E-state index in [4.69, 9.17) is 0 Å². The van der Waals surface area contributed by atoms with E-state index in [-0.39, 0.29) is 0 Å². The van der Waals surface area contributed by atoms with E-state index >= 15 is 0 Å². The third kappa shape index (κ3) is 2.18. The predicted octanol–water partition coefficient (Wildman–Crippen LogP) is 2.08. The number of aromatic nitrogens is 1. The number of rotatable bonds is 2. The lowest BCUT2D eigenvalue weighted by molar-refractivity contribution is 0.646. The van der Waals surface area contributed by atoms with E-state index < -0.39 is 0 Å². The fraction of sp³-hybridized carbons (Fsp3) is 0.444. The molecular weight excluding hydrogens is 122 g/mol. The van der Waals surface area contributed by atoms with Gasteiger partial charge in [0.25, 0.3) is 0 Å². The summed E-state index contributed by atoms with van der Waals surface area (Å²) < 4.78 is 0. The van der Waals surface area contributed by atoms with Crippen LogP contribution in [0.1, 0.15) is 19.4 Å². The van der Waals surface area contributed by atoms with Crippen LogP contribution in [0.4, 0.5) is 0 Å². The van der Waals surface area contributed by atoms with Gasteiger partial charge in [-0.1, -0.05) is 13.8 Å². The molecule has 0 saturated heterocycles. The van der Waals surface area contributed by atoms with Gasteiger partial charge in [-0.2, -0.15) is 0 Å². The maximum atomic E-state index is 3.83. The van der Waals surface area contributed by atoms with Crippen molar-refractivity contribution in [2.75, 3.05) is 0 Å². The van der Waals surface area contributed by atoms with Crippen molar-refractivity contribution in [2.45, 2.75) is 20.3 Å². The monoisotopic (exact) mass is 134 g/mol. The highest BCUT2D eigenvalue weighted by Gasteiger charge is 1.94. The summed E-state index contributed by atoms with van der Waals surface area (Å²) in [4.78, 5) is 3.83. The molecule has 10 heavy (non-hydrogen) atoms. The molecule has 1 radical (unpaired) electrons. The first-order chi connectivity index (χ1) is 4.79. The number of hydrogen-bond donors (Lipinski definition) is 0. The SMILES string of the molecule is CC(C)Cc1c[c]ncc1. The van der Waals surface area contributed by atoms with Gasteiger partial charge in [-0.15, -0.1) is 0 Å². The molecule has 0 aliphatic carbocycles. The average Bonchev–Trinajstić information content (AvgIpc) is 1.88. The Labute approximate surface area is 62.1 Å². The van der Waals surface area contributed by atoms with Crippen molar-refractivity contribution in [3.8, 4) is 0 Å². The molecule has 1 nitrogen and oxygen atoms in total. The third-order valence-electron chi connectivity index (χ3n) is 1.33. The van der Waals surface area contributed by atoms with E-state index in [0.717, 1.165) is 12.3 Å². The first-order valence-corrected chi connectivity index (χ1v) is 3.60. The highest BCUT2D eigenvalue weighted by atomic mass is 14.6. The Balaban J connectivity index is 2.59. The number of nitrogens with zero attached hydrogens (tertiary/aromatic N) is 1. The molecule has 53 valence electrons. The fourth-order valence-corrected chi connectivity index (χ4v) is 0.943. The van der Waals surface area contributed by atoms with Crippen LogP contribution in [0, 0.1) is 12.1 Å². The van der Waals surface area contributed by atoms with E-state index in [1.165, 1.54) is 5.56 Å². The van der Waals surface area contributed by atoms with Crippen molar-refractivity contribution in [3.63, 3.8) is 0 Å². The predicted molar refractivity (Wildman–Crippen MR) is 41.6 cm³/mol. The number of hydrogen-bond acceptors (Lipinski definition) is 1. The molecule has 0 N–H and O–H groups in total. The molecule has 0 spiro atoms. The summed E-state index contributed by atoms with van der Waals surface area (Å²) in [5.41, 5.74) is 1.32. The second-order valence-electron chi connectivity index (χ2n) is 2.89. The van der Waals surface area contributed by atoms with Gasteiger partial charge in [0, 0.05) is 6.20 Å². The molecule has 0 saturated carbocycles. The topological polar surface area (TPSA) is 12.9 Å². The van der Waals surface area contributed by atoms with Gasteiger partial charge in [-0.25, -0.2) is 0 Å². The van der Waals surface area contributed by atoms with Crippen LogP contribution in [-0.4, -0.2) is 4.98 Å². The Morgan fingerprint density at radius 1 is 1.60 bits per heavy atom. The molecule has 0 aliphatic heterocycles. The van der Waals surface area contributed by atoms with Crippen molar-refractivity contribution in [2.24, 2.45) is 5.92 Å². The third-order valence-corrected chi connectivity index (χ3v) is 1.33. The lowest BCUT2D eigenvalue weighted by Gasteiger charge is -2.01. The second kappa shape index (κ2) is 3.35. The molecule has 0 amide bonds. The molecule has 0 fully saturated rings. The maximum absolute atomic E-state index is 3.83. The largest absolute Gasteiger partial charge is 0.255 e. The minimum absolute atomic E-state index is 0.718. The van der Waals surface area contributed by atoms with E-state index in [2.05, 4.69) is 25.0 Å². The van der Waals surface area contributed by atoms with E-state index in [1.807, 2.05) is 12.1 Å². The first kappa shape index (κ1) is 7.26. The van der Waals surface area contributed by atoms with Gasteiger partial charge in [-0.3, -0.25) is 4.98 Å². The zero-order chi connectivity index (χ0) is 7.40. The molecule has 1 aromatic heterocycles. The molecule has 1 heteroatoms. The van der Waals surface area contributed by atoms with Gasteiger partial charge in [0.05, 0.1) is 6.20 Å². The van der Waals surface area contributed by atoms with Crippen molar-refractivity contribution in [3.05, 3.63) is 30.1 Å². The van der Waals surface area contributed by atoms with Crippen LogP contribution < -0.4 is 0 Å².